The average Bonchev–Trinajstić information content (AvgIpc) is 3.11. The molecule has 0 aromatic carbocycles. The number of aromatic nitrogens is 4. The fraction of sp³-hybridized carbons (Fsp3) is 0.429. The normalized spacial score (nSPS) is 17.8. The largest absolute Gasteiger partial charge is 0.309 e. The maximum atomic E-state index is 12.5. The van der Waals surface area contributed by atoms with Gasteiger partial charge in [-0.05, 0) is 30.7 Å². The summed E-state index contributed by atoms with van der Waals surface area (Å²) in [6, 6.07) is 0. The molecule has 22 heavy (non-hydrogen) atoms. The van der Waals surface area contributed by atoms with Gasteiger partial charge in [-0.3, -0.25) is 4.79 Å². The quantitative estimate of drug-likeness (QED) is 0.734. The predicted octanol–water partition coefficient (Wildman–Crippen LogP) is 3.25. The number of fused-ring (bicyclic) bond motifs is 3. The average molecular weight is 350 g/mol. The van der Waals surface area contributed by atoms with E-state index in [0.29, 0.717) is 17.5 Å². The molecule has 0 aliphatic heterocycles. The van der Waals surface area contributed by atoms with E-state index in [1.807, 2.05) is 0 Å². The first-order valence-electron chi connectivity index (χ1n) is 7.13. The molecule has 8 heteroatoms. The maximum absolute atomic E-state index is 12.5. The van der Waals surface area contributed by atoms with Crippen molar-refractivity contribution in [2.75, 3.05) is 0 Å². The lowest BCUT2D eigenvalue weighted by molar-refractivity contribution is 0.509. The third-order valence-electron chi connectivity index (χ3n) is 3.89. The van der Waals surface area contributed by atoms with Crippen LogP contribution in [0.3, 0.4) is 0 Å². The van der Waals surface area contributed by atoms with Crippen LogP contribution in [0.1, 0.15) is 29.6 Å². The highest BCUT2D eigenvalue weighted by Crippen LogP contribution is 2.35. The van der Waals surface area contributed by atoms with Gasteiger partial charge in [-0.25, -0.2) is 4.98 Å². The minimum atomic E-state index is 0.00455. The van der Waals surface area contributed by atoms with Crippen molar-refractivity contribution < 1.29 is 0 Å². The molecule has 1 aliphatic rings. The van der Waals surface area contributed by atoms with Crippen LogP contribution in [0.15, 0.2) is 14.6 Å². The maximum Gasteiger partial charge on any atom is 0.259 e. The van der Waals surface area contributed by atoms with E-state index in [9.17, 15) is 4.79 Å². The van der Waals surface area contributed by atoms with Crippen LogP contribution in [0.25, 0.3) is 10.2 Å². The van der Waals surface area contributed by atoms with Crippen LogP contribution in [-0.4, -0.2) is 20.2 Å². The standard InChI is InChI=1S/C14H14N4OS3/c1-7-2-3-8-9(4-7)22-13-11(8)12(19)16-10(17-13)5-20-14-18-15-6-21-14/h6-7H,2-5H2,1H3,(H,16,17,19). The van der Waals surface area contributed by atoms with Gasteiger partial charge in [0.25, 0.3) is 5.56 Å². The van der Waals surface area contributed by atoms with Gasteiger partial charge in [-0.2, -0.15) is 0 Å². The topological polar surface area (TPSA) is 71.5 Å². The molecule has 0 radical (unpaired) electrons. The van der Waals surface area contributed by atoms with E-state index in [2.05, 4.69) is 27.1 Å². The Labute approximate surface area is 139 Å². The molecule has 0 bridgehead atoms. The number of aryl methyl sites for hydroxylation is 1. The summed E-state index contributed by atoms with van der Waals surface area (Å²) in [6.45, 7) is 2.27. The molecule has 3 aromatic rings. The Bertz CT molecular complexity index is 868. The first-order valence-corrected chi connectivity index (χ1v) is 9.81. The molecule has 0 spiro atoms. The highest BCUT2D eigenvalue weighted by Gasteiger charge is 2.23. The fourth-order valence-electron chi connectivity index (χ4n) is 2.82. The molecule has 1 atom stereocenters. The van der Waals surface area contributed by atoms with Crippen molar-refractivity contribution >= 4 is 44.7 Å². The van der Waals surface area contributed by atoms with Crippen molar-refractivity contribution in [3.8, 4) is 0 Å². The van der Waals surface area contributed by atoms with Crippen LogP contribution in [0.2, 0.25) is 0 Å². The van der Waals surface area contributed by atoms with Gasteiger partial charge in [0.05, 0.1) is 11.1 Å². The molecule has 5 nitrogen and oxygen atoms in total. The molecule has 114 valence electrons. The molecule has 3 heterocycles. The third-order valence-corrected chi connectivity index (χ3v) is 6.91. The Hall–Kier alpha value is -1.25. The molecule has 0 amide bonds. The smallest absolute Gasteiger partial charge is 0.259 e. The van der Waals surface area contributed by atoms with Crippen molar-refractivity contribution in [3.63, 3.8) is 0 Å². The van der Waals surface area contributed by atoms with Crippen molar-refractivity contribution in [2.24, 2.45) is 5.92 Å². The number of nitrogens with zero attached hydrogens (tertiary/aromatic N) is 3. The lowest BCUT2D eigenvalue weighted by Gasteiger charge is -2.17. The Morgan fingerprint density at radius 3 is 3.23 bits per heavy atom. The van der Waals surface area contributed by atoms with Crippen molar-refractivity contribution in [2.45, 2.75) is 36.3 Å². The van der Waals surface area contributed by atoms with Crippen molar-refractivity contribution in [3.05, 3.63) is 32.1 Å². The number of rotatable bonds is 3. The van der Waals surface area contributed by atoms with Gasteiger partial charge in [-0.15, -0.1) is 21.5 Å². The highest BCUT2D eigenvalue weighted by molar-refractivity contribution is 8.00. The van der Waals surface area contributed by atoms with Crippen LogP contribution in [0.4, 0.5) is 0 Å². The van der Waals surface area contributed by atoms with E-state index in [0.717, 1.165) is 33.8 Å². The van der Waals surface area contributed by atoms with Gasteiger partial charge in [0.15, 0.2) is 4.34 Å². The number of hydrogen-bond donors (Lipinski definition) is 1. The van der Waals surface area contributed by atoms with Crippen LogP contribution >= 0.6 is 34.4 Å². The van der Waals surface area contributed by atoms with Crippen LogP contribution in [-0.2, 0) is 18.6 Å². The van der Waals surface area contributed by atoms with E-state index in [-0.39, 0.29) is 5.56 Å². The van der Waals surface area contributed by atoms with E-state index < -0.39 is 0 Å². The summed E-state index contributed by atoms with van der Waals surface area (Å²) < 4.78 is 0.891. The summed E-state index contributed by atoms with van der Waals surface area (Å²) in [7, 11) is 0. The van der Waals surface area contributed by atoms with E-state index in [1.165, 1.54) is 21.8 Å². The van der Waals surface area contributed by atoms with Crippen molar-refractivity contribution in [1.82, 2.24) is 20.2 Å². The molecule has 1 unspecified atom stereocenters. The monoisotopic (exact) mass is 350 g/mol. The third kappa shape index (κ3) is 2.59. The number of H-pyrrole nitrogens is 1. The lowest BCUT2D eigenvalue weighted by Crippen LogP contribution is -2.14. The Morgan fingerprint density at radius 1 is 1.50 bits per heavy atom. The zero-order chi connectivity index (χ0) is 15.1. The zero-order valence-electron chi connectivity index (χ0n) is 12.0. The Morgan fingerprint density at radius 2 is 2.41 bits per heavy atom. The van der Waals surface area contributed by atoms with Gasteiger partial charge < -0.3 is 4.98 Å². The molecule has 0 fully saturated rings. The first-order chi connectivity index (χ1) is 10.7. The number of thiophene rings is 1. The molecule has 0 saturated carbocycles. The van der Waals surface area contributed by atoms with Gasteiger partial charge in [0.2, 0.25) is 0 Å². The number of hydrogen-bond acceptors (Lipinski definition) is 7. The van der Waals surface area contributed by atoms with Gasteiger partial charge >= 0.3 is 0 Å². The molecular weight excluding hydrogens is 336 g/mol. The first kappa shape index (κ1) is 14.3. The van der Waals surface area contributed by atoms with Crippen molar-refractivity contribution in [1.29, 1.82) is 0 Å². The summed E-state index contributed by atoms with van der Waals surface area (Å²) in [5, 5.41) is 8.62. The highest BCUT2D eigenvalue weighted by atomic mass is 32.2. The van der Waals surface area contributed by atoms with Gasteiger partial charge in [0, 0.05) is 4.88 Å². The zero-order valence-corrected chi connectivity index (χ0v) is 14.4. The summed E-state index contributed by atoms with van der Waals surface area (Å²) in [4.78, 5) is 22.3. The van der Waals surface area contributed by atoms with E-state index in [1.54, 1.807) is 28.6 Å². The second kappa shape index (κ2) is 5.75. The lowest BCUT2D eigenvalue weighted by atomic mass is 9.89. The minimum Gasteiger partial charge on any atom is -0.309 e. The molecular formula is C14H14N4OS3. The second-order valence-corrected chi connectivity index (χ2v) is 8.68. The summed E-state index contributed by atoms with van der Waals surface area (Å²) in [5.74, 6) is 2.02. The van der Waals surface area contributed by atoms with Crippen LogP contribution in [0, 0.1) is 5.92 Å². The molecule has 4 rings (SSSR count). The number of thioether (sulfide) groups is 1. The molecule has 0 saturated heterocycles. The van der Waals surface area contributed by atoms with Gasteiger partial charge in [-0.1, -0.05) is 30.0 Å². The van der Waals surface area contributed by atoms with Crippen LogP contribution < -0.4 is 5.56 Å². The van der Waals surface area contributed by atoms with Gasteiger partial charge in [0.1, 0.15) is 16.2 Å². The number of nitrogens with one attached hydrogen (secondary N) is 1. The van der Waals surface area contributed by atoms with E-state index >= 15 is 0 Å². The summed E-state index contributed by atoms with van der Waals surface area (Å²) in [5.41, 5.74) is 2.94. The molecule has 1 aliphatic carbocycles. The predicted molar refractivity (Wildman–Crippen MR) is 90.9 cm³/mol. The number of aromatic amines is 1. The van der Waals surface area contributed by atoms with Crippen LogP contribution in [0.5, 0.6) is 0 Å². The molecule has 1 N–H and O–H groups in total. The SMILES string of the molecule is CC1CCc2c(sc3nc(CSc4nncs4)[nH]c(=O)c23)C1. The second-order valence-electron chi connectivity index (χ2n) is 5.54. The Balaban J connectivity index is 1.69. The van der Waals surface area contributed by atoms with E-state index in [4.69, 9.17) is 0 Å². The fourth-order valence-corrected chi connectivity index (χ4v) is 5.58. The summed E-state index contributed by atoms with van der Waals surface area (Å²) >= 11 is 4.73. The molecule has 3 aromatic heterocycles. The minimum absolute atomic E-state index is 0.00455. The summed E-state index contributed by atoms with van der Waals surface area (Å²) in [6.07, 6.45) is 3.23. The Kier molecular flexibility index (Phi) is 3.75.